The summed E-state index contributed by atoms with van der Waals surface area (Å²) in [5.74, 6) is 0.633. The lowest BCUT2D eigenvalue weighted by Crippen LogP contribution is -2.37. The SMILES string of the molecule is CCCC(=O)Nc1cccc(CNC(=NC)NCCc2cccc(C(=O)NC)c2)c1.I. The zero-order valence-electron chi connectivity index (χ0n) is 18.3. The van der Waals surface area contributed by atoms with Crippen molar-refractivity contribution in [1.82, 2.24) is 16.0 Å². The average Bonchev–Trinajstić information content (AvgIpc) is 2.76. The molecule has 0 unspecified atom stereocenters. The molecule has 2 rings (SSSR count). The molecule has 0 bridgehead atoms. The van der Waals surface area contributed by atoms with E-state index in [0.717, 1.165) is 29.7 Å². The van der Waals surface area contributed by atoms with Gasteiger partial charge in [-0.15, -0.1) is 24.0 Å². The summed E-state index contributed by atoms with van der Waals surface area (Å²) >= 11 is 0. The summed E-state index contributed by atoms with van der Waals surface area (Å²) in [6.45, 7) is 3.25. The minimum absolute atomic E-state index is 0. The monoisotopic (exact) mass is 537 g/mol. The minimum Gasteiger partial charge on any atom is -0.356 e. The van der Waals surface area contributed by atoms with Crippen molar-refractivity contribution < 1.29 is 9.59 Å². The first-order chi connectivity index (χ1) is 14.5. The maximum Gasteiger partial charge on any atom is 0.251 e. The number of hydrogen-bond acceptors (Lipinski definition) is 3. The molecule has 4 N–H and O–H groups in total. The van der Waals surface area contributed by atoms with Gasteiger partial charge in [0, 0.05) is 44.9 Å². The fourth-order valence-electron chi connectivity index (χ4n) is 2.95. The predicted octanol–water partition coefficient (Wildman–Crippen LogP) is 3.31. The summed E-state index contributed by atoms with van der Waals surface area (Å²) in [7, 11) is 3.35. The van der Waals surface area contributed by atoms with Crippen LogP contribution in [0.25, 0.3) is 0 Å². The lowest BCUT2D eigenvalue weighted by Gasteiger charge is -2.13. The summed E-state index contributed by atoms with van der Waals surface area (Å²) in [6, 6.07) is 15.4. The maximum atomic E-state index is 11.8. The third-order valence-electron chi connectivity index (χ3n) is 4.49. The molecule has 2 aromatic rings. The molecule has 0 aromatic heterocycles. The Hall–Kier alpha value is -2.62. The molecule has 0 aliphatic carbocycles. The number of halogens is 1. The number of hydrogen-bond donors (Lipinski definition) is 4. The summed E-state index contributed by atoms with van der Waals surface area (Å²) in [5, 5.41) is 12.1. The number of guanidine groups is 1. The molecule has 168 valence electrons. The van der Waals surface area contributed by atoms with Gasteiger partial charge in [-0.1, -0.05) is 31.2 Å². The fourth-order valence-corrected chi connectivity index (χ4v) is 2.95. The van der Waals surface area contributed by atoms with Gasteiger partial charge in [0.25, 0.3) is 5.91 Å². The Kier molecular flexibility index (Phi) is 12.3. The van der Waals surface area contributed by atoms with Crippen LogP contribution in [0, 0.1) is 0 Å². The van der Waals surface area contributed by atoms with E-state index in [1.54, 1.807) is 20.2 Å². The summed E-state index contributed by atoms with van der Waals surface area (Å²) in [4.78, 5) is 27.8. The number of rotatable bonds is 9. The Morgan fingerprint density at radius 3 is 2.45 bits per heavy atom. The van der Waals surface area contributed by atoms with Gasteiger partial charge >= 0.3 is 0 Å². The van der Waals surface area contributed by atoms with Crippen molar-refractivity contribution in [2.45, 2.75) is 32.7 Å². The van der Waals surface area contributed by atoms with Crippen LogP contribution < -0.4 is 21.3 Å². The predicted molar refractivity (Wildman–Crippen MR) is 137 cm³/mol. The number of nitrogens with zero attached hydrogens (tertiary/aromatic N) is 1. The molecule has 0 saturated heterocycles. The van der Waals surface area contributed by atoms with Crippen molar-refractivity contribution in [2.75, 3.05) is 26.0 Å². The molecule has 0 spiro atoms. The molecule has 0 radical (unpaired) electrons. The second-order valence-corrected chi connectivity index (χ2v) is 6.88. The Bertz CT molecular complexity index is 886. The molecular weight excluding hydrogens is 505 g/mol. The normalized spacial score (nSPS) is 10.6. The summed E-state index contributed by atoms with van der Waals surface area (Å²) < 4.78 is 0. The van der Waals surface area contributed by atoms with Crippen LogP contribution in [-0.4, -0.2) is 38.4 Å². The average molecular weight is 537 g/mol. The van der Waals surface area contributed by atoms with Gasteiger partial charge in [-0.2, -0.15) is 0 Å². The molecule has 2 amide bonds. The Morgan fingerprint density at radius 1 is 1.00 bits per heavy atom. The molecule has 0 saturated carbocycles. The largest absolute Gasteiger partial charge is 0.356 e. The van der Waals surface area contributed by atoms with Crippen molar-refractivity contribution >= 4 is 47.4 Å². The third kappa shape index (κ3) is 9.37. The second kappa shape index (κ2) is 14.4. The molecule has 7 nitrogen and oxygen atoms in total. The summed E-state index contributed by atoms with van der Waals surface area (Å²) in [6.07, 6.45) is 2.11. The molecule has 2 aromatic carbocycles. The van der Waals surface area contributed by atoms with Crippen molar-refractivity contribution in [3.63, 3.8) is 0 Å². The third-order valence-corrected chi connectivity index (χ3v) is 4.49. The number of aliphatic imine (C=N–C) groups is 1. The van der Waals surface area contributed by atoms with Crippen molar-refractivity contribution in [3.05, 3.63) is 65.2 Å². The van der Waals surface area contributed by atoms with Crippen LogP contribution in [0.3, 0.4) is 0 Å². The van der Waals surface area contributed by atoms with Gasteiger partial charge in [0.15, 0.2) is 5.96 Å². The standard InChI is InChI=1S/C23H31N5O2.HI/c1-4-7-21(29)28-20-11-6-9-18(15-20)16-27-23(25-3)26-13-12-17-8-5-10-19(14-17)22(30)24-2;/h5-6,8-11,14-15H,4,7,12-13,16H2,1-3H3,(H,24,30)(H,28,29)(H2,25,26,27);1H. The second-order valence-electron chi connectivity index (χ2n) is 6.88. The van der Waals surface area contributed by atoms with E-state index in [-0.39, 0.29) is 35.8 Å². The lowest BCUT2D eigenvalue weighted by molar-refractivity contribution is -0.116. The van der Waals surface area contributed by atoms with Crippen molar-refractivity contribution in [3.8, 4) is 0 Å². The number of anilines is 1. The lowest BCUT2D eigenvalue weighted by atomic mass is 10.1. The van der Waals surface area contributed by atoms with Crippen LogP contribution in [0.15, 0.2) is 53.5 Å². The highest BCUT2D eigenvalue weighted by atomic mass is 127. The highest BCUT2D eigenvalue weighted by molar-refractivity contribution is 14.0. The fraction of sp³-hybridized carbons (Fsp3) is 0.348. The number of benzene rings is 2. The highest BCUT2D eigenvalue weighted by Gasteiger charge is 2.05. The van der Waals surface area contributed by atoms with Crippen LogP contribution >= 0.6 is 24.0 Å². The van der Waals surface area contributed by atoms with E-state index in [9.17, 15) is 9.59 Å². The first-order valence-electron chi connectivity index (χ1n) is 10.2. The van der Waals surface area contributed by atoms with Crippen LogP contribution in [0.4, 0.5) is 5.69 Å². The first-order valence-corrected chi connectivity index (χ1v) is 10.2. The molecule has 0 aliphatic heterocycles. The number of amides is 2. The summed E-state index contributed by atoms with van der Waals surface area (Å²) in [5.41, 5.74) is 3.58. The van der Waals surface area contributed by atoms with E-state index in [1.807, 2.05) is 49.4 Å². The minimum atomic E-state index is -0.0876. The first kappa shape index (κ1) is 26.4. The zero-order chi connectivity index (χ0) is 21.8. The van der Waals surface area contributed by atoms with Gasteiger partial charge in [0.05, 0.1) is 0 Å². The van der Waals surface area contributed by atoms with Crippen LogP contribution in [0.2, 0.25) is 0 Å². The zero-order valence-corrected chi connectivity index (χ0v) is 20.7. The van der Waals surface area contributed by atoms with Crippen molar-refractivity contribution in [2.24, 2.45) is 4.99 Å². The number of carbonyl (C=O) groups is 2. The van der Waals surface area contributed by atoms with E-state index in [4.69, 9.17) is 0 Å². The maximum absolute atomic E-state index is 11.8. The Morgan fingerprint density at radius 2 is 1.74 bits per heavy atom. The van der Waals surface area contributed by atoms with E-state index in [0.29, 0.717) is 31.0 Å². The molecular formula is C23H32IN5O2. The molecule has 0 aliphatic rings. The van der Waals surface area contributed by atoms with E-state index >= 15 is 0 Å². The van der Waals surface area contributed by atoms with Gasteiger partial charge in [0.2, 0.25) is 5.91 Å². The van der Waals surface area contributed by atoms with Crippen LogP contribution in [0.5, 0.6) is 0 Å². The van der Waals surface area contributed by atoms with E-state index in [1.165, 1.54) is 0 Å². The van der Waals surface area contributed by atoms with Gasteiger partial charge in [-0.25, -0.2) is 0 Å². The number of carbonyl (C=O) groups excluding carboxylic acids is 2. The smallest absolute Gasteiger partial charge is 0.251 e. The van der Waals surface area contributed by atoms with Gasteiger partial charge in [-0.3, -0.25) is 14.6 Å². The molecule has 31 heavy (non-hydrogen) atoms. The molecule has 0 atom stereocenters. The molecule has 8 heteroatoms. The van der Waals surface area contributed by atoms with Gasteiger partial charge in [-0.05, 0) is 48.2 Å². The van der Waals surface area contributed by atoms with Crippen LogP contribution in [-0.2, 0) is 17.8 Å². The van der Waals surface area contributed by atoms with Crippen molar-refractivity contribution in [1.29, 1.82) is 0 Å². The Labute approximate surface area is 201 Å². The highest BCUT2D eigenvalue weighted by Crippen LogP contribution is 2.11. The quantitative estimate of drug-likeness (QED) is 0.224. The topological polar surface area (TPSA) is 94.6 Å². The number of nitrogens with one attached hydrogen (secondary N) is 4. The van der Waals surface area contributed by atoms with Crippen LogP contribution in [0.1, 0.15) is 41.3 Å². The van der Waals surface area contributed by atoms with E-state index < -0.39 is 0 Å². The van der Waals surface area contributed by atoms with Gasteiger partial charge < -0.3 is 21.3 Å². The van der Waals surface area contributed by atoms with Gasteiger partial charge in [0.1, 0.15) is 0 Å². The Balaban J connectivity index is 0.00000480. The van der Waals surface area contributed by atoms with E-state index in [2.05, 4.69) is 26.3 Å². The molecule has 0 heterocycles. The molecule has 0 fully saturated rings.